The monoisotopic (exact) mass is 509 g/mol. The molecule has 11 heteroatoms. The predicted octanol–water partition coefficient (Wildman–Crippen LogP) is 5.27. The number of thioether (sulfide) groups is 1. The molecule has 1 fully saturated rings. The van der Waals surface area contributed by atoms with E-state index in [1.807, 2.05) is 48.7 Å². The molecule has 4 rings (SSSR count). The predicted molar refractivity (Wildman–Crippen MR) is 133 cm³/mol. The lowest BCUT2D eigenvalue weighted by atomic mass is 10.2. The average molecular weight is 510 g/mol. The Kier molecular flexibility index (Phi) is 6.81. The van der Waals surface area contributed by atoms with Gasteiger partial charge in [-0.05, 0) is 79.7 Å². The normalized spacial score (nSPS) is 14.7. The quantitative estimate of drug-likeness (QED) is 0.259. The van der Waals surface area contributed by atoms with Gasteiger partial charge < -0.3 is 9.67 Å². The van der Waals surface area contributed by atoms with E-state index in [0.29, 0.717) is 0 Å². The molecule has 2 heterocycles. The maximum absolute atomic E-state index is 12.5. The molecule has 35 heavy (non-hydrogen) atoms. The smallest absolute Gasteiger partial charge is 0.323 e. The Labute approximate surface area is 208 Å². The van der Waals surface area contributed by atoms with Crippen molar-refractivity contribution in [2.24, 2.45) is 0 Å². The van der Waals surface area contributed by atoms with Gasteiger partial charge in [0.15, 0.2) is 0 Å². The zero-order chi connectivity index (χ0) is 25.3. The Balaban J connectivity index is 1.55. The van der Waals surface area contributed by atoms with Crippen LogP contribution in [0.5, 0.6) is 0 Å². The molecule has 1 aliphatic heterocycles. The summed E-state index contributed by atoms with van der Waals surface area (Å²) < 4.78 is 2.02. The highest BCUT2D eigenvalue weighted by molar-refractivity contribution is 8.18. The molecule has 0 aliphatic carbocycles. The lowest BCUT2D eigenvalue weighted by molar-refractivity contribution is -0.384. The molecule has 9 nitrogen and oxygen atoms in total. The second kappa shape index (κ2) is 9.80. The van der Waals surface area contributed by atoms with Crippen molar-refractivity contribution < 1.29 is 24.4 Å². The van der Waals surface area contributed by atoms with E-state index in [1.54, 1.807) is 18.2 Å². The number of benzene rings is 2. The van der Waals surface area contributed by atoms with Crippen molar-refractivity contribution in [3.63, 3.8) is 0 Å². The number of imide groups is 1. The van der Waals surface area contributed by atoms with E-state index in [2.05, 4.69) is 0 Å². The fraction of sp³-hybridized carbons (Fsp3) is 0.125. The largest absolute Gasteiger partial charge is 0.480 e. The first-order chi connectivity index (χ1) is 16.6. The van der Waals surface area contributed by atoms with Gasteiger partial charge in [-0.3, -0.25) is 29.4 Å². The van der Waals surface area contributed by atoms with Crippen LogP contribution < -0.4 is 0 Å². The van der Waals surface area contributed by atoms with E-state index < -0.39 is 28.6 Å². The number of nitro groups is 1. The summed E-state index contributed by atoms with van der Waals surface area (Å²) in [4.78, 5) is 48.6. The van der Waals surface area contributed by atoms with E-state index in [-0.39, 0.29) is 10.6 Å². The number of nitro benzene ring substituents is 1. The van der Waals surface area contributed by atoms with Crippen LogP contribution in [0.1, 0.15) is 17.0 Å². The van der Waals surface area contributed by atoms with E-state index in [0.717, 1.165) is 49.1 Å². The van der Waals surface area contributed by atoms with E-state index in [9.17, 15) is 24.5 Å². The third kappa shape index (κ3) is 5.15. The Morgan fingerprint density at radius 1 is 1.09 bits per heavy atom. The Hall–Kier alpha value is -3.83. The SMILES string of the molecule is Cc1cc(/C=C2/SC(=O)N(CC(=O)O)C2=O)c(C)n1-c1ccc(Sc2ccc([N+](=O)[O-])cc2)cc1. The minimum Gasteiger partial charge on any atom is -0.480 e. The molecular formula is C24H19N3O6S2. The highest BCUT2D eigenvalue weighted by Crippen LogP contribution is 2.34. The zero-order valence-corrected chi connectivity index (χ0v) is 20.3. The van der Waals surface area contributed by atoms with Crippen LogP contribution in [0.2, 0.25) is 0 Å². The number of hydrogen-bond acceptors (Lipinski definition) is 7. The van der Waals surface area contributed by atoms with Gasteiger partial charge in [0.25, 0.3) is 16.8 Å². The summed E-state index contributed by atoms with van der Waals surface area (Å²) in [6, 6.07) is 16.1. The molecule has 1 N–H and O–H groups in total. The third-order valence-corrected chi connectivity index (χ3v) is 7.23. The highest BCUT2D eigenvalue weighted by Gasteiger charge is 2.36. The van der Waals surface area contributed by atoms with Crippen LogP contribution in [-0.4, -0.2) is 43.2 Å². The Morgan fingerprint density at radius 3 is 2.26 bits per heavy atom. The maximum atomic E-state index is 12.5. The number of nitrogens with zero attached hydrogens (tertiary/aromatic N) is 3. The van der Waals surface area contributed by atoms with Crippen molar-refractivity contribution >= 4 is 52.4 Å². The third-order valence-electron chi connectivity index (χ3n) is 5.30. The van der Waals surface area contributed by atoms with Gasteiger partial charge in [0.1, 0.15) is 6.54 Å². The Morgan fingerprint density at radius 2 is 1.69 bits per heavy atom. The van der Waals surface area contributed by atoms with Gasteiger partial charge in [-0.15, -0.1) is 0 Å². The lowest BCUT2D eigenvalue weighted by Crippen LogP contribution is -2.33. The first-order valence-corrected chi connectivity index (χ1v) is 12.0. The van der Waals surface area contributed by atoms with E-state index >= 15 is 0 Å². The number of aryl methyl sites for hydroxylation is 1. The Bertz CT molecular complexity index is 1380. The molecule has 1 aromatic heterocycles. The van der Waals surface area contributed by atoms with Crippen molar-refractivity contribution in [3.05, 3.63) is 86.6 Å². The molecule has 178 valence electrons. The number of rotatable bonds is 7. The molecule has 1 aliphatic rings. The fourth-order valence-corrected chi connectivity index (χ4v) is 5.32. The van der Waals surface area contributed by atoms with Crippen molar-refractivity contribution in [2.45, 2.75) is 23.6 Å². The van der Waals surface area contributed by atoms with Gasteiger partial charge >= 0.3 is 5.97 Å². The number of carbonyl (C=O) groups excluding carboxylic acids is 2. The van der Waals surface area contributed by atoms with Crippen LogP contribution in [0.4, 0.5) is 10.5 Å². The molecular weight excluding hydrogens is 490 g/mol. The number of amides is 2. The minimum atomic E-state index is -1.25. The fourth-order valence-electron chi connectivity index (χ4n) is 3.68. The number of hydrogen-bond donors (Lipinski definition) is 1. The van der Waals surface area contributed by atoms with Gasteiger partial charge in [0.05, 0.1) is 9.83 Å². The molecule has 0 unspecified atom stereocenters. The summed E-state index contributed by atoms with van der Waals surface area (Å²) in [7, 11) is 0. The molecule has 2 aromatic carbocycles. The minimum absolute atomic E-state index is 0.0469. The van der Waals surface area contributed by atoms with E-state index in [1.165, 1.54) is 23.9 Å². The van der Waals surface area contributed by atoms with Crippen LogP contribution >= 0.6 is 23.5 Å². The first-order valence-electron chi connectivity index (χ1n) is 10.3. The van der Waals surface area contributed by atoms with Gasteiger partial charge in [-0.1, -0.05) is 11.8 Å². The molecule has 2 amide bonds. The van der Waals surface area contributed by atoms with Crippen LogP contribution in [-0.2, 0) is 9.59 Å². The van der Waals surface area contributed by atoms with Gasteiger partial charge in [-0.25, -0.2) is 0 Å². The van der Waals surface area contributed by atoms with Crippen molar-refractivity contribution in [1.82, 2.24) is 9.47 Å². The molecule has 0 bridgehead atoms. The first kappa shape index (κ1) is 24.3. The number of non-ortho nitro benzene ring substituents is 1. The topological polar surface area (TPSA) is 123 Å². The summed E-state index contributed by atoms with van der Waals surface area (Å²) >= 11 is 2.22. The number of carbonyl (C=O) groups is 3. The van der Waals surface area contributed by atoms with Crippen molar-refractivity contribution in [2.75, 3.05) is 6.54 Å². The van der Waals surface area contributed by atoms with Gasteiger partial charge in [0.2, 0.25) is 0 Å². The number of aliphatic carboxylic acids is 1. The van der Waals surface area contributed by atoms with E-state index in [4.69, 9.17) is 5.11 Å². The number of carboxylic acids is 1. The molecule has 3 aromatic rings. The summed E-state index contributed by atoms with van der Waals surface area (Å²) in [6.45, 7) is 3.17. The maximum Gasteiger partial charge on any atom is 0.323 e. The molecule has 0 saturated carbocycles. The van der Waals surface area contributed by atoms with Crippen molar-refractivity contribution in [1.29, 1.82) is 0 Å². The number of aromatic nitrogens is 1. The second-order valence-electron chi connectivity index (χ2n) is 7.67. The van der Waals surface area contributed by atoms with Crippen LogP contribution in [0.3, 0.4) is 0 Å². The van der Waals surface area contributed by atoms with Gasteiger partial charge in [-0.2, -0.15) is 0 Å². The van der Waals surface area contributed by atoms with Crippen LogP contribution in [0, 0.1) is 24.0 Å². The molecule has 0 atom stereocenters. The summed E-state index contributed by atoms with van der Waals surface area (Å²) in [5.74, 6) is -1.86. The average Bonchev–Trinajstić information content (AvgIpc) is 3.23. The number of carboxylic acid groups (broad SMARTS) is 1. The lowest BCUT2D eigenvalue weighted by Gasteiger charge is -2.11. The molecule has 0 spiro atoms. The zero-order valence-electron chi connectivity index (χ0n) is 18.6. The standard InChI is InChI=1S/C24H19N3O6S2/c1-14-11-16(12-21-23(30)25(13-22(28)29)24(31)35-21)15(2)26(14)17-3-7-19(8-4-17)34-20-9-5-18(6-10-20)27(32)33/h3-12H,13H2,1-2H3,(H,28,29)/b21-12+. The summed E-state index contributed by atoms with van der Waals surface area (Å²) in [5.41, 5.74) is 3.50. The van der Waals surface area contributed by atoms with Crippen molar-refractivity contribution in [3.8, 4) is 5.69 Å². The van der Waals surface area contributed by atoms with Crippen LogP contribution in [0.15, 0.2) is 69.3 Å². The second-order valence-corrected chi connectivity index (χ2v) is 9.81. The van der Waals surface area contributed by atoms with Crippen LogP contribution in [0.25, 0.3) is 11.8 Å². The highest BCUT2D eigenvalue weighted by atomic mass is 32.2. The summed E-state index contributed by atoms with van der Waals surface area (Å²) in [6.07, 6.45) is 1.62. The summed E-state index contributed by atoms with van der Waals surface area (Å²) in [5, 5.41) is 19.1. The molecule has 0 radical (unpaired) electrons. The van der Waals surface area contributed by atoms with Gasteiger partial charge in [0, 0.05) is 39.0 Å². The molecule has 1 saturated heterocycles.